The minimum absolute atomic E-state index is 0.0284. The highest BCUT2D eigenvalue weighted by Crippen LogP contribution is 2.25. The summed E-state index contributed by atoms with van der Waals surface area (Å²) in [6.07, 6.45) is 4.53. The Morgan fingerprint density at radius 1 is 1.07 bits per heavy atom. The van der Waals surface area contributed by atoms with E-state index in [9.17, 15) is 9.90 Å². The number of amides is 1. The first kappa shape index (κ1) is 18.4. The molecule has 1 atom stereocenters. The molecule has 5 heteroatoms. The molecule has 4 rings (SSSR count). The molecule has 0 radical (unpaired) electrons. The highest BCUT2D eigenvalue weighted by molar-refractivity contribution is 6.08. The van der Waals surface area contributed by atoms with Crippen LogP contribution in [0.15, 0.2) is 60.8 Å². The number of hydrogen-bond donors (Lipinski definition) is 2. The van der Waals surface area contributed by atoms with E-state index < -0.39 is 0 Å². The number of nitrogens with zero attached hydrogens (tertiary/aromatic N) is 2. The molecule has 1 aromatic heterocycles. The van der Waals surface area contributed by atoms with Crippen molar-refractivity contribution in [2.45, 2.75) is 25.3 Å². The van der Waals surface area contributed by atoms with Gasteiger partial charge in [0, 0.05) is 18.0 Å². The Morgan fingerprint density at radius 2 is 1.79 bits per heavy atom. The molecule has 144 valence electrons. The quantitative estimate of drug-likeness (QED) is 0.693. The van der Waals surface area contributed by atoms with Gasteiger partial charge in [-0.25, -0.2) is 0 Å². The summed E-state index contributed by atoms with van der Waals surface area (Å²) in [6.45, 7) is 2.96. The maximum atomic E-state index is 13.1. The van der Waals surface area contributed by atoms with E-state index in [2.05, 4.69) is 27.3 Å². The molecule has 5 nitrogen and oxygen atoms in total. The number of carbonyl (C=O) groups excluding carboxylic acids is 1. The standard InChI is InChI=1S/C23H25N3O2/c27-21-15-24-20-11-5-4-10-19(20)22(21)23(28)25-18(16-26-12-6-7-13-26)14-17-8-2-1-3-9-17/h1-5,8-11,15,18,27H,6-7,12-14,16H2,(H,25,28). The Bertz CT molecular complexity index is 952. The molecular formula is C23H25N3O2. The zero-order chi connectivity index (χ0) is 19.3. The van der Waals surface area contributed by atoms with Gasteiger partial charge in [0.25, 0.3) is 5.91 Å². The fourth-order valence-corrected chi connectivity index (χ4v) is 3.96. The lowest BCUT2D eigenvalue weighted by molar-refractivity contribution is 0.0926. The summed E-state index contributed by atoms with van der Waals surface area (Å²) in [7, 11) is 0. The van der Waals surface area contributed by atoms with E-state index in [1.165, 1.54) is 24.6 Å². The number of carbonyl (C=O) groups is 1. The third kappa shape index (κ3) is 4.15. The molecule has 1 fully saturated rings. The lowest BCUT2D eigenvalue weighted by atomic mass is 10.0. The van der Waals surface area contributed by atoms with Crippen LogP contribution in [-0.2, 0) is 6.42 Å². The second kappa shape index (κ2) is 8.40. The maximum Gasteiger partial charge on any atom is 0.256 e. The number of rotatable bonds is 6. The summed E-state index contributed by atoms with van der Waals surface area (Å²) < 4.78 is 0. The van der Waals surface area contributed by atoms with Gasteiger partial charge in [-0.3, -0.25) is 9.78 Å². The second-order valence-electron chi connectivity index (χ2n) is 7.40. The molecule has 1 amide bonds. The average Bonchev–Trinajstić information content (AvgIpc) is 3.21. The predicted octanol–water partition coefficient (Wildman–Crippen LogP) is 3.38. The molecule has 28 heavy (non-hydrogen) atoms. The zero-order valence-corrected chi connectivity index (χ0v) is 15.8. The van der Waals surface area contributed by atoms with E-state index in [4.69, 9.17) is 0 Å². The molecule has 1 aliphatic rings. The van der Waals surface area contributed by atoms with Gasteiger partial charge in [0.05, 0.1) is 17.3 Å². The van der Waals surface area contributed by atoms with Crippen molar-refractivity contribution in [3.63, 3.8) is 0 Å². The third-order valence-electron chi connectivity index (χ3n) is 5.32. The van der Waals surface area contributed by atoms with E-state index in [-0.39, 0.29) is 17.7 Å². The predicted molar refractivity (Wildman–Crippen MR) is 110 cm³/mol. The fourth-order valence-electron chi connectivity index (χ4n) is 3.96. The highest BCUT2D eigenvalue weighted by Gasteiger charge is 2.23. The van der Waals surface area contributed by atoms with Gasteiger partial charge >= 0.3 is 0 Å². The number of para-hydroxylation sites is 1. The van der Waals surface area contributed by atoms with E-state index >= 15 is 0 Å². The van der Waals surface area contributed by atoms with E-state index in [1.807, 2.05) is 42.5 Å². The van der Waals surface area contributed by atoms with Crippen molar-refractivity contribution in [3.8, 4) is 5.75 Å². The van der Waals surface area contributed by atoms with Gasteiger partial charge in [-0.2, -0.15) is 0 Å². The first-order chi connectivity index (χ1) is 13.7. The van der Waals surface area contributed by atoms with Crippen molar-refractivity contribution >= 4 is 16.8 Å². The number of aromatic hydroxyl groups is 1. The van der Waals surface area contributed by atoms with Gasteiger partial charge in [-0.1, -0.05) is 48.5 Å². The smallest absolute Gasteiger partial charge is 0.256 e. The highest BCUT2D eigenvalue weighted by atomic mass is 16.3. The van der Waals surface area contributed by atoms with Crippen LogP contribution >= 0.6 is 0 Å². The van der Waals surface area contributed by atoms with Gasteiger partial charge in [0.1, 0.15) is 5.75 Å². The molecule has 0 aliphatic carbocycles. The van der Waals surface area contributed by atoms with E-state index in [0.717, 1.165) is 26.1 Å². The summed E-state index contributed by atoms with van der Waals surface area (Å²) >= 11 is 0. The summed E-state index contributed by atoms with van der Waals surface area (Å²) in [5.41, 5.74) is 2.19. The minimum atomic E-state index is -0.253. The van der Waals surface area contributed by atoms with Crippen LogP contribution in [0.4, 0.5) is 0 Å². The summed E-state index contributed by atoms with van der Waals surface area (Å²) in [6, 6.07) is 17.6. The van der Waals surface area contributed by atoms with Gasteiger partial charge in [0.2, 0.25) is 0 Å². The Labute approximate surface area is 165 Å². The van der Waals surface area contributed by atoms with Gasteiger partial charge in [-0.15, -0.1) is 0 Å². The molecule has 3 aromatic rings. The van der Waals surface area contributed by atoms with E-state index in [0.29, 0.717) is 16.5 Å². The molecule has 2 heterocycles. The normalized spacial score (nSPS) is 15.6. The van der Waals surface area contributed by atoms with Gasteiger partial charge in [-0.05, 0) is 44.0 Å². The van der Waals surface area contributed by atoms with Crippen LogP contribution in [0.5, 0.6) is 5.75 Å². The summed E-state index contributed by atoms with van der Waals surface area (Å²) in [5.74, 6) is -0.341. The lowest BCUT2D eigenvalue weighted by Gasteiger charge is -2.25. The van der Waals surface area contributed by atoms with E-state index in [1.54, 1.807) is 0 Å². The number of likely N-dealkylation sites (tertiary alicyclic amines) is 1. The molecule has 0 saturated carbocycles. The summed E-state index contributed by atoms with van der Waals surface area (Å²) in [5, 5.41) is 14.2. The number of nitrogens with one attached hydrogen (secondary N) is 1. The van der Waals surface area contributed by atoms with Crippen LogP contribution < -0.4 is 5.32 Å². The monoisotopic (exact) mass is 375 g/mol. The molecule has 0 bridgehead atoms. The van der Waals surface area contributed by atoms with Crippen LogP contribution in [0.3, 0.4) is 0 Å². The summed E-state index contributed by atoms with van der Waals surface area (Å²) in [4.78, 5) is 19.8. The fraction of sp³-hybridized carbons (Fsp3) is 0.304. The molecule has 2 N–H and O–H groups in total. The Balaban J connectivity index is 1.59. The lowest BCUT2D eigenvalue weighted by Crippen LogP contribution is -2.44. The maximum absolute atomic E-state index is 13.1. The van der Waals surface area contributed by atoms with Crippen molar-refractivity contribution < 1.29 is 9.90 Å². The van der Waals surface area contributed by atoms with Crippen LogP contribution in [0.2, 0.25) is 0 Å². The molecule has 1 aliphatic heterocycles. The second-order valence-corrected chi connectivity index (χ2v) is 7.40. The molecule has 1 saturated heterocycles. The minimum Gasteiger partial charge on any atom is -0.505 e. The molecular weight excluding hydrogens is 350 g/mol. The van der Waals surface area contributed by atoms with Crippen molar-refractivity contribution in [3.05, 3.63) is 71.9 Å². The molecule has 0 spiro atoms. The number of pyridine rings is 1. The number of aromatic nitrogens is 1. The largest absolute Gasteiger partial charge is 0.505 e. The SMILES string of the molecule is O=C(NC(Cc1ccccc1)CN1CCCC1)c1c(O)cnc2ccccc12. The first-order valence-electron chi connectivity index (χ1n) is 9.84. The van der Waals surface area contributed by atoms with Crippen molar-refractivity contribution in [1.29, 1.82) is 0 Å². The van der Waals surface area contributed by atoms with Crippen LogP contribution in [0, 0.1) is 0 Å². The number of hydrogen-bond acceptors (Lipinski definition) is 4. The van der Waals surface area contributed by atoms with Crippen LogP contribution in [0.1, 0.15) is 28.8 Å². The van der Waals surface area contributed by atoms with Gasteiger partial charge < -0.3 is 15.3 Å². The van der Waals surface area contributed by atoms with Crippen molar-refractivity contribution in [2.24, 2.45) is 0 Å². The van der Waals surface area contributed by atoms with Crippen molar-refractivity contribution in [2.75, 3.05) is 19.6 Å². The Hall–Kier alpha value is -2.92. The van der Waals surface area contributed by atoms with Crippen LogP contribution in [0.25, 0.3) is 10.9 Å². The zero-order valence-electron chi connectivity index (χ0n) is 15.8. The average molecular weight is 375 g/mol. The number of benzene rings is 2. The van der Waals surface area contributed by atoms with Crippen molar-refractivity contribution in [1.82, 2.24) is 15.2 Å². The molecule has 1 unspecified atom stereocenters. The Kier molecular flexibility index (Phi) is 5.53. The third-order valence-corrected chi connectivity index (χ3v) is 5.32. The Morgan fingerprint density at radius 3 is 2.57 bits per heavy atom. The first-order valence-corrected chi connectivity index (χ1v) is 9.84. The van der Waals surface area contributed by atoms with Crippen LogP contribution in [-0.4, -0.2) is 46.6 Å². The molecule has 2 aromatic carbocycles. The van der Waals surface area contributed by atoms with Gasteiger partial charge in [0.15, 0.2) is 0 Å². The number of fused-ring (bicyclic) bond motifs is 1. The topological polar surface area (TPSA) is 65.5 Å².